The van der Waals surface area contributed by atoms with Gasteiger partial charge in [-0.3, -0.25) is 9.89 Å². The van der Waals surface area contributed by atoms with Crippen molar-refractivity contribution in [3.63, 3.8) is 0 Å². The van der Waals surface area contributed by atoms with Crippen LogP contribution in [0.4, 0.5) is 0 Å². The highest BCUT2D eigenvalue weighted by Gasteiger charge is 2.45. The van der Waals surface area contributed by atoms with E-state index in [1.54, 1.807) is 6.20 Å². The number of nitrogens with one attached hydrogen (secondary N) is 1. The first-order valence-electron chi connectivity index (χ1n) is 7.24. The van der Waals surface area contributed by atoms with Crippen molar-refractivity contribution in [1.82, 2.24) is 15.1 Å². The van der Waals surface area contributed by atoms with Gasteiger partial charge in [0.2, 0.25) is 5.91 Å². The van der Waals surface area contributed by atoms with Gasteiger partial charge in [-0.15, -0.1) is 0 Å². The summed E-state index contributed by atoms with van der Waals surface area (Å²) in [5, 5.41) is 7.05. The first-order valence-corrected chi connectivity index (χ1v) is 7.24. The fourth-order valence-electron chi connectivity index (χ4n) is 3.35. The minimum atomic E-state index is -0.240. The van der Waals surface area contributed by atoms with Gasteiger partial charge in [0.15, 0.2) is 0 Å². The Morgan fingerprint density at radius 3 is 2.95 bits per heavy atom. The Labute approximate surface area is 113 Å². The molecule has 1 aliphatic carbocycles. The molecule has 0 aromatic carbocycles. The van der Waals surface area contributed by atoms with Crippen LogP contribution in [0.1, 0.15) is 43.7 Å². The van der Waals surface area contributed by atoms with Crippen LogP contribution in [0.2, 0.25) is 0 Å². The highest BCUT2D eigenvalue weighted by molar-refractivity contribution is 5.84. The van der Waals surface area contributed by atoms with Crippen LogP contribution < -0.4 is 5.73 Å². The topological polar surface area (TPSA) is 75.0 Å². The average molecular weight is 262 g/mol. The lowest BCUT2D eigenvalue weighted by molar-refractivity contribution is -0.148. The number of nitrogens with zero attached hydrogens (tertiary/aromatic N) is 2. The van der Waals surface area contributed by atoms with E-state index in [-0.39, 0.29) is 11.3 Å². The number of carbonyl (C=O) groups excluding carboxylic acids is 1. The summed E-state index contributed by atoms with van der Waals surface area (Å²) in [7, 11) is 0. The van der Waals surface area contributed by atoms with E-state index < -0.39 is 0 Å². The van der Waals surface area contributed by atoms with Gasteiger partial charge in [0.05, 0.1) is 5.41 Å². The van der Waals surface area contributed by atoms with E-state index in [0.717, 1.165) is 50.9 Å². The number of piperidine rings is 1. The molecule has 0 spiro atoms. The van der Waals surface area contributed by atoms with Crippen LogP contribution in [-0.4, -0.2) is 40.6 Å². The first-order chi connectivity index (χ1) is 9.25. The molecule has 1 atom stereocenters. The van der Waals surface area contributed by atoms with Crippen molar-refractivity contribution < 1.29 is 4.79 Å². The smallest absolute Gasteiger partial charge is 0.230 e. The lowest BCUT2D eigenvalue weighted by atomic mass is 9.67. The van der Waals surface area contributed by atoms with Gasteiger partial charge < -0.3 is 10.6 Å². The third kappa shape index (κ3) is 2.16. The van der Waals surface area contributed by atoms with Gasteiger partial charge in [-0.25, -0.2) is 0 Å². The molecular formula is C14H22N4O. The Bertz CT molecular complexity index is 433. The highest BCUT2D eigenvalue weighted by Crippen LogP contribution is 2.42. The molecule has 3 N–H and O–H groups in total. The molecule has 5 nitrogen and oxygen atoms in total. The van der Waals surface area contributed by atoms with Crippen molar-refractivity contribution in [1.29, 1.82) is 0 Å². The van der Waals surface area contributed by atoms with E-state index in [1.807, 2.05) is 11.0 Å². The van der Waals surface area contributed by atoms with Crippen LogP contribution >= 0.6 is 0 Å². The molecular weight excluding hydrogens is 240 g/mol. The third-order valence-corrected chi connectivity index (χ3v) is 4.83. The number of amides is 1. The van der Waals surface area contributed by atoms with Gasteiger partial charge in [0.1, 0.15) is 0 Å². The second-order valence-electron chi connectivity index (χ2n) is 5.94. The van der Waals surface area contributed by atoms with Crippen molar-refractivity contribution in [3.05, 3.63) is 18.0 Å². The molecule has 5 heteroatoms. The number of aromatic nitrogens is 2. The molecule has 0 bridgehead atoms. The molecule has 1 aromatic heterocycles. The van der Waals surface area contributed by atoms with Crippen molar-refractivity contribution in [2.75, 3.05) is 19.6 Å². The molecule has 1 saturated heterocycles. The normalized spacial score (nSPS) is 25.9. The zero-order chi connectivity index (χ0) is 13.3. The van der Waals surface area contributed by atoms with Crippen LogP contribution in [0.5, 0.6) is 0 Å². The summed E-state index contributed by atoms with van der Waals surface area (Å²) in [6.45, 7) is 2.19. The fraction of sp³-hybridized carbons (Fsp3) is 0.714. The minimum Gasteiger partial charge on any atom is -0.342 e. The van der Waals surface area contributed by atoms with Gasteiger partial charge in [0, 0.05) is 37.4 Å². The van der Waals surface area contributed by atoms with Crippen LogP contribution in [0.25, 0.3) is 0 Å². The van der Waals surface area contributed by atoms with E-state index in [0.29, 0.717) is 12.5 Å². The maximum Gasteiger partial charge on any atom is 0.230 e. The Morgan fingerprint density at radius 2 is 2.37 bits per heavy atom. The van der Waals surface area contributed by atoms with Crippen LogP contribution in [0.3, 0.4) is 0 Å². The zero-order valence-electron chi connectivity index (χ0n) is 11.3. The molecule has 2 aliphatic rings. The molecule has 1 unspecified atom stereocenters. The number of likely N-dealkylation sites (tertiary alicyclic amines) is 1. The largest absolute Gasteiger partial charge is 0.342 e. The molecule has 1 aromatic rings. The summed E-state index contributed by atoms with van der Waals surface area (Å²) >= 11 is 0. The molecule has 1 amide bonds. The number of hydrogen-bond donors (Lipinski definition) is 2. The minimum absolute atomic E-state index is 0.240. The zero-order valence-corrected chi connectivity index (χ0v) is 11.3. The fourth-order valence-corrected chi connectivity index (χ4v) is 3.35. The summed E-state index contributed by atoms with van der Waals surface area (Å²) in [4.78, 5) is 14.7. The predicted octanol–water partition coefficient (Wildman–Crippen LogP) is 1.24. The van der Waals surface area contributed by atoms with Gasteiger partial charge in [0.25, 0.3) is 0 Å². The standard InChI is InChI=1S/C14H22N4O/c15-10-14(5-2-6-14)13(19)18-8-1-3-11(9-18)12-4-7-16-17-12/h4,7,11H,1-3,5-6,8-10,15H2,(H,16,17). The molecule has 104 valence electrons. The van der Waals surface area contributed by atoms with Crippen molar-refractivity contribution in [2.45, 2.75) is 38.0 Å². The molecule has 3 rings (SSSR count). The lowest BCUT2D eigenvalue weighted by Crippen LogP contribution is -2.54. The second kappa shape index (κ2) is 4.96. The number of rotatable bonds is 3. The average Bonchev–Trinajstić information content (AvgIpc) is 2.92. The molecule has 2 fully saturated rings. The summed E-state index contributed by atoms with van der Waals surface area (Å²) in [6.07, 6.45) is 7.04. The Balaban J connectivity index is 1.70. The van der Waals surface area contributed by atoms with Crippen molar-refractivity contribution in [3.8, 4) is 0 Å². The van der Waals surface area contributed by atoms with E-state index in [4.69, 9.17) is 5.73 Å². The Kier molecular flexibility index (Phi) is 3.31. The van der Waals surface area contributed by atoms with E-state index in [9.17, 15) is 4.79 Å². The van der Waals surface area contributed by atoms with Gasteiger partial charge in [-0.2, -0.15) is 5.10 Å². The number of hydrogen-bond acceptors (Lipinski definition) is 3. The quantitative estimate of drug-likeness (QED) is 0.860. The number of nitrogens with two attached hydrogens (primary N) is 1. The molecule has 0 radical (unpaired) electrons. The van der Waals surface area contributed by atoms with Crippen LogP contribution in [-0.2, 0) is 4.79 Å². The van der Waals surface area contributed by atoms with Crippen molar-refractivity contribution >= 4 is 5.91 Å². The van der Waals surface area contributed by atoms with Gasteiger partial charge in [-0.1, -0.05) is 6.42 Å². The van der Waals surface area contributed by atoms with Gasteiger partial charge in [-0.05, 0) is 31.7 Å². The maximum atomic E-state index is 12.7. The molecule has 1 aliphatic heterocycles. The summed E-state index contributed by atoms with van der Waals surface area (Å²) in [5.74, 6) is 0.681. The molecule has 1 saturated carbocycles. The van der Waals surface area contributed by atoms with E-state index in [1.165, 1.54) is 0 Å². The SMILES string of the molecule is NCC1(C(=O)N2CCCC(c3ccn[nH]3)C2)CCC1. The monoisotopic (exact) mass is 262 g/mol. The summed E-state index contributed by atoms with van der Waals surface area (Å²) < 4.78 is 0. The molecule has 2 heterocycles. The Hall–Kier alpha value is -1.36. The highest BCUT2D eigenvalue weighted by atomic mass is 16.2. The number of carbonyl (C=O) groups is 1. The predicted molar refractivity (Wildman–Crippen MR) is 72.5 cm³/mol. The second-order valence-corrected chi connectivity index (χ2v) is 5.94. The Morgan fingerprint density at radius 1 is 1.53 bits per heavy atom. The summed E-state index contributed by atoms with van der Waals surface area (Å²) in [6, 6.07) is 2.01. The van der Waals surface area contributed by atoms with Crippen LogP contribution in [0.15, 0.2) is 12.3 Å². The van der Waals surface area contributed by atoms with Gasteiger partial charge >= 0.3 is 0 Å². The number of aromatic amines is 1. The molecule has 19 heavy (non-hydrogen) atoms. The lowest BCUT2D eigenvalue weighted by Gasteiger charge is -2.44. The first kappa shape index (κ1) is 12.7. The summed E-state index contributed by atoms with van der Waals surface area (Å²) in [5.41, 5.74) is 6.75. The van der Waals surface area contributed by atoms with E-state index in [2.05, 4.69) is 10.2 Å². The number of H-pyrrole nitrogens is 1. The van der Waals surface area contributed by atoms with E-state index >= 15 is 0 Å². The maximum absolute atomic E-state index is 12.7. The van der Waals surface area contributed by atoms with Crippen molar-refractivity contribution in [2.24, 2.45) is 11.1 Å². The van der Waals surface area contributed by atoms with Crippen LogP contribution in [0, 0.1) is 5.41 Å². The third-order valence-electron chi connectivity index (χ3n) is 4.83.